The highest BCUT2D eigenvalue weighted by atomic mass is 16.5. The number of nitrogens with one attached hydrogen (secondary N) is 1. The molecular weight excluding hydrogens is 448 g/mol. The van der Waals surface area contributed by atoms with E-state index in [-0.39, 0.29) is 17.7 Å². The number of benzene rings is 1. The first-order chi connectivity index (χ1) is 17.1. The molecule has 4 aromatic rings. The molecule has 10 heteroatoms. The number of aromatic nitrogens is 5. The summed E-state index contributed by atoms with van der Waals surface area (Å²) in [7, 11) is 1.63. The highest BCUT2D eigenvalue weighted by Gasteiger charge is 2.28. The summed E-state index contributed by atoms with van der Waals surface area (Å²) in [5.41, 5.74) is 1.29. The summed E-state index contributed by atoms with van der Waals surface area (Å²) in [4.78, 5) is 18.2. The third-order valence-electron chi connectivity index (χ3n) is 6.53. The van der Waals surface area contributed by atoms with Crippen molar-refractivity contribution in [2.75, 3.05) is 13.7 Å². The monoisotopic (exact) mass is 478 g/mol. The second-order valence-corrected chi connectivity index (χ2v) is 8.84. The van der Waals surface area contributed by atoms with Crippen molar-refractivity contribution in [3.05, 3.63) is 70.2 Å². The average Bonchev–Trinajstić information content (AvgIpc) is 3.65. The summed E-state index contributed by atoms with van der Waals surface area (Å²) in [6.45, 7) is 4.39. The van der Waals surface area contributed by atoms with E-state index in [4.69, 9.17) is 13.9 Å². The number of H-pyrrole nitrogens is 1. The lowest BCUT2D eigenvalue weighted by molar-refractivity contribution is 0.0882. The summed E-state index contributed by atoms with van der Waals surface area (Å²) in [6, 6.07) is 11.2. The van der Waals surface area contributed by atoms with Gasteiger partial charge in [-0.3, -0.25) is 9.69 Å². The molecule has 0 aliphatic carbocycles. The number of methoxy groups -OCH3 is 1. The van der Waals surface area contributed by atoms with E-state index < -0.39 is 0 Å². The van der Waals surface area contributed by atoms with E-state index in [1.54, 1.807) is 13.4 Å². The molecule has 0 bridgehead atoms. The van der Waals surface area contributed by atoms with Gasteiger partial charge >= 0.3 is 0 Å². The van der Waals surface area contributed by atoms with Gasteiger partial charge in [-0.2, -0.15) is 0 Å². The van der Waals surface area contributed by atoms with Gasteiger partial charge in [0.1, 0.15) is 11.5 Å². The number of nitrogens with zero attached hydrogens (tertiary/aromatic N) is 5. The van der Waals surface area contributed by atoms with Crippen molar-refractivity contribution in [1.82, 2.24) is 30.1 Å². The lowest BCUT2D eigenvalue weighted by Crippen LogP contribution is -2.33. The summed E-state index contributed by atoms with van der Waals surface area (Å²) in [6.07, 6.45) is 4.59. The number of tetrazole rings is 1. The molecular formula is C25H30N6O4. The molecule has 1 aliphatic rings. The Bertz CT molecular complexity index is 1310. The van der Waals surface area contributed by atoms with Crippen LogP contribution in [0.1, 0.15) is 49.4 Å². The lowest BCUT2D eigenvalue weighted by atomic mass is 10.1. The van der Waals surface area contributed by atoms with Gasteiger partial charge in [0.25, 0.3) is 5.56 Å². The fourth-order valence-electron chi connectivity index (χ4n) is 4.74. The Morgan fingerprint density at radius 3 is 2.94 bits per heavy atom. The number of aromatic amines is 1. The summed E-state index contributed by atoms with van der Waals surface area (Å²) in [5.74, 6) is 2.30. The second-order valence-electron chi connectivity index (χ2n) is 8.84. The maximum atomic E-state index is 13.0. The van der Waals surface area contributed by atoms with Gasteiger partial charge in [0.05, 0.1) is 38.6 Å². The molecule has 2 atom stereocenters. The summed E-state index contributed by atoms with van der Waals surface area (Å²) in [5, 5.41) is 13.5. The first-order valence-corrected chi connectivity index (χ1v) is 12.0. The molecule has 3 aromatic heterocycles. The number of hydrogen-bond donors (Lipinski definition) is 1. The number of pyridine rings is 1. The molecule has 1 fully saturated rings. The van der Waals surface area contributed by atoms with Crippen molar-refractivity contribution in [3.8, 4) is 5.75 Å². The minimum absolute atomic E-state index is 0.117. The van der Waals surface area contributed by atoms with Crippen molar-refractivity contribution in [2.24, 2.45) is 0 Å². The molecule has 10 nitrogen and oxygen atoms in total. The van der Waals surface area contributed by atoms with Crippen LogP contribution in [-0.2, 0) is 24.4 Å². The topological polar surface area (TPSA) is 111 Å². The molecule has 35 heavy (non-hydrogen) atoms. The molecule has 0 amide bonds. The summed E-state index contributed by atoms with van der Waals surface area (Å²) < 4.78 is 18.7. The van der Waals surface area contributed by atoms with Crippen LogP contribution in [0, 0.1) is 0 Å². The van der Waals surface area contributed by atoms with Crippen LogP contribution < -0.4 is 10.3 Å². The van der Waals surface area contributed by atoms with Gasteiger partial charge in [0.2, 0.25) is 0 Å². The van der Waals surface area contributed by atoms with Gasteiger partial charge in [-0.25, -0.2) is 4.68 Å². The van der Waals surface area contributed by atoms with E-state index in [1.165, 1.54) is 0 Å². The van der Waals surface area contributed by atoms with E-state index in [0.29, 0.717) is 25.2 Å². The Kier molecular flexibility index (Phi) is 6.91. The van der Waals surface area contributed by atoms with Crippen molar-refractivity contribution in [1.29, 1.82) is 0 Å². The van der Waals surface area contributed by atoms with Crippen LogP contribution in [0.3, 0.4) is 0 Å². The highest BCUT2D eigenvalue weighted by Crippen LogP contribution is 2.28. The zero-order chi connectivity index (χ0) is 24.2. The molecule has 0 unspecified atom stereocenters. The third-order valence-corrected chi connectivity index (χ3v) is 6.53. The molecule has 0 saturated carbocycles. The van der Waals surface area contributed by atoms with E-state index >= 15 is 0 Å². The van der Waals surface area contributed by atoms with Crippen molar-refractivity contribution < 1.29 is 13.9 Å². The van der Waals surface area contributed by atoms with Gasteiger partial charge < -0.3 is 18.9 Å². The molecule has 5 rings (SSSR count). The van der Waals surface area contributed by atoms with Gasteiger partial charge in [-0.1, -0.05) is 6.92 Å². The van der Waals surface area contributed by atoms with Crippen LogP contribution in [0.15, 0.2) is 51.9 Å². The molecule has 1 N–H and O–H groups in total. The predicted molar refractivity (Wildman–Crippen MR) is 129 cm³/mol. The number of hydrogen-bond acceptors (Lipinski definition) is 8. The van der Waals surface area contributed by atoms with E-state index in [0.717, 1.165) is 54.1 Å². The summed E-state index contributed by atoms with van der Waals surface area (Å²) >= 11 is 0. The molecule has 1 aromatic carbocycles. The van der Waals surface area contributed by atoms with Crippen LogP contribution in [0.5, 0.6) is 5.75 Å². The molecule has 1 aliphatic heterocycles. The van der Waals surface area contributed by atoms with Gasteiger partial charge in [-0.15, -0.1) is 5.10 Å². The van der Waals surface area contributed by atoms with Gasteiger partial charge in [0.15, 0.2) is 5.82 Å². The minimum Gasteiger partial charge on any atom is -0.497 e. The first kappa shape index (κ1) is 23.3. The first-order valence-electron chi connectivity index (χ1n) is 12.0. The maximum Gasteiger partial charge on any atom is 0.252 e. The Morgan fingerprint density at radius 1 is 1.29 bits per heavy atom. The Morgan fingerprint density at radius 2 is 2.20 bits per heavy atom. The SMILES string of the molecule is CC[C@@H](c1nnnn1C[C@H]1CCCO1)N(Cc1ccco1)Cc1cc2cc(OC)ccc2[nH]c1=O. The maximum absolute atomic E-state index is 13.0. The van der Waals surface area contributed by atoms with Gasteiger partial charge in [0, 0.05) is 29.6 Å². The number of fused-ring (bicyclic) bond motifs is 1. The normalized spacial score (nSPS) is 16.8. The van der Waals surface area contributed by atoms with Crippen LogP contribution >= 0.6 is 0 Å². The van der Waals surface area contributed by atoms with E-state index in [2.05, 4.69) is 32.3 Å². The Labute approximate surface area is 202 Å². The highest BCUT2D eigenvalue weighted by molar-refractivity contribution is 5.80. The zero-order valence-corrected chi connectivity index (χ0v) is 20.0. The molecule has 0 spiro atoms. The predicted octanol–water partition coefficient (Wildman–Crippen LogP) is 3.45. The van der Waals surface area contributed by atoms with E-state index in [9.17, 15) is 4.79 Å². The molecule has 184 valence electrons. The lowest BCUT2D eigenvalue weighted by Gasteiger charge is -2.29. The van der Waals surface area contributed by atoms with Crippen molar-refractivity contribution in [3.63, 3.8) is 0 Å². The smallest absolute Gasteiger partial charge is 0.252 e. The van der Waals surface area contributed by atoms with Gasteiger partial charge in [-0.05, 0) is 66.1 Å². The quantitative estimate of drug-likeness (QED) is 0.369. The Hall–Kier alpha value is -3.50. The van der Waals surface area contributed by atoms with Crippen molar-refractivity contribution in [2.45, 2.75) is 58.0 Å². The average molecular weight is 479 g/mol. The van der Waals surface area contributed by atoms with Crippen LogP contribution in [-0.4, -0.2) is 49.9 Å². The Balaban J connectivity index is 1.48. The minimum atomic E-state index is -0.128. The fourth-order valence-corrected chi connectivity index (χ4v) is 4.74. The third kappa shape index (κ3) is 5.13. The fraction of sp³-hybridized carbons (Fsp3) is 0.440. The molecule has 0 radical (unpaired) electrons. The van der Waals surface area contributed by atoms with Crippen LogP contribution in [0.2, 0.25) is 0 Å². The van der Waals surface area contributed by atoms with Crippen molar-refractivity contribution >= 4 is 10.9 Å². The largest absolute Gasteiger partial charge is 0.497 e. The van der Waals surface area contributed by atoms with E-state index in [1.807, 2.05) is 41.1 Å². The van der Waals surface area contributed by atoms with Crippen LogP contribution in [0.4, 0.5) is 0 Å². The van der Waals surface area contributed by atoms with Crippen LogP contribution in [0.25, 0.3) is 10.9 Å². The standard InChI is InChI=1S/C25H30N6O4/c1-3-23(24-27-28-29-31(24)16-21-7-5-11-35-21)30(15-20-6-4-10-34-20)14-18-12-17-13-19(33-2)8-9-22(17)26-25(18)32/h4,6,8-10,12-13,21,23H,3,5,7,11,14-16H2,1-2H3,(H,26,32)/t21-,23+/m1/s1. The second kappa shape index (κ2) is 10.4. The number of ether oxygens (including phenoxy) is 2. The molecule has 4 heterocycles. The zero-order valence-electron chi connectivity index (χ0n) is 20.0. The number of rotatable bonds is 10. The molecule has 1 saturated heterocycles. The number of furan rings is 1.